The molecule has 0 heterocycles. The van der Waals surface area contributed by atoms with Crippen LogP contribution in [0.3, 0.4) is 0 Å². The Kier molecular flexibility index (Phi) is 9.56. The molecule has 18 heavy (non-hydrogen) atoms. The van der Waals surface area contributed by atoms with Gasteiger partial charge in [0.25, 0.3) is 0 Å². The predicted molar refractivity (Wildman–Crippen MR) is 82.2 cm³/mol. The SMILES string of the molecule is CC(C)NCCC(=O)NCCSCCC(C)(C)C. The first-order valence-electron chi connectivity index (χ1n) is 6.89. The summed E-state index contributed by atoms with van der Waals surface area (Å²) in [5.41, 5.74) is 0.415. The van der Waals surface area contributed by atoms with Crippen LogP contribution < -0.4 is 10.6 Å². The second-order valence-electron chi connectivity index (χ2n) is 6.13. The molecule has 0 aromatic rings. The number of hydrogen-bond donors (Lipinski definition) is 2. The normalized spacial score (nSPS) is 11.9. The summed E-state index contributed by atoms with van der Waals surface area (Å²) in [6, 6.07) is 0.450. The lowest BCUT2D eigenvalue weighted by molar-refractivity contribution is -0.120. The summed E-state index contributed by atoms with van der Waals surface area (Å²) in [5.74, 6) is 2.34. The molecule has 0 aromatic heterocycles. The van der Waals surface area contributed by atoms with Crippen molar-refractivity contribution >= 4 is 17.7 Å². The van der Waals surface area contributed by atoms with Crippen molar-refractivity contribution in [3.63, 3.8) is 0 Å². The number of carbonyl (C=O) groups excluding carboxylic acids is 1. The van der Waals surface area contributed by atoms with Gasteiger partial charge in [0.1, 0.15) is 0 Å². The van der Waals surface area contributed by atoms with Crippen LogP contribution in [0.15, 0.2) is 0 Å². The van der Waals surface area contributed by atoms with Crippen LogP contribution in [-0.2, 0) is 4.79 Å². The quantitative estimate of drug-likeness (QED) is 0.635. The van der Waals surface area contributed by atoms with E-state index in [2.05, 4.69) is 45.3 Å². The molecule has 0 bridgehead atoms. The molecular weight excluding hydrogens is 244 g/mol. The fourth-order valence-corrected chi connectivity index (χ4v) is 2.51. The Morgan fingerprint density at radius 2 is 1.83 bits per heavy atom. The molecular formula is C14H30N2OS. The van der Waals surface area contributed by atoms with Crippen LogP contribution in [0.2, 0.25) is 0 Å². The van der Waals surface area contributed by atoms with Gasteiger partial charge in [0, 0.05) is 31.3 Å². The fraction of sp³-hybridized carbons (Fsp3) is 0.929. The zero-order valence-electron chi connectivity index (χ0n) is 12.6. The van der Waals surface area contributed by atoms with E-state index in [1.807, 2.05) is 11.8 Å². The number of rotatable bonds is 9. The monoisotopic (exact) mass is 274 g/mol. The molecule has 0 radical (unpaired) electrons. The van der Waals surface area contributed by atoms with Crippen molar-refractivity contribution in [2.75, 3.05) is 24.6 Å². The average Bonchev–Trinajstić information content (AvgIpc) is 2.21. The number of thioether (sulfide) groups is 1. The van der Waals surface area contributed by atoms with E-state index in [1.165, 1.54) is 12.2 Å². The minimum Gasteiger partial charge on any atom is -0.355 e. The van der Waals surface area contributed by atoms with Crippen LogP contribution in [-0.4, -0.2) is 36.5 Å². The van der Waals surface area contributed by atoms with Crippen LogP contribution in [0.25, 0.3) is 0 Å². The van der Waals surface area contributed by atoms with E-state index in [1.54, 1.807) is 0 Å². The summed E-state index contributed by atoms with van der Waals surface area (Å²) >= 11 is 1.92. The molecule has 0 spiro atoms. The van der Waals surface area contributed by atoms with Gasteiger partial charge in [-0.15, -0.1) is 0 Å². The van der Waals surface area contributed by atoms with E-state index in [0.717, 1.165) is 18.8 Å². The largest absolute Gasteiger partial charge is 0.355 e. The van der Waals surface area contributed by atoms with Gasteiger partial charge in [-0.1, -0.05) is 34.6 Å². The summed E-state index contributed by atoms with van der Waals surface area (Å²) in [6.07, 6.45) is 1.80. The molecule has 4 heteroatoms. The minimum absolute atomic E-state index is 0.152. The second-order valence-corrected chi connectivity index (χ2v) is 7.36. The van der Waals surface area contributed by atoms with Gasteiger partial charge >= 0.3 is 0 Å². The third kappa shape index (κ3) is 13.8. The maximum absolute atomic E-state index is 11.5. The van der Waals surface area contributed by atoms with Crippen LogP contribution in [0.4, 0.5) is 0 Å². The highest BCUT2D eigenvalue weighted by Crippen LogP contribution is 2.20. The Morgan fingerprint density at radius 3 is 2.39 bits per heavy atom. The van der Waals surface area contributed by atoms with Crippen molar-refractivity contribution in [2.45, 2.75) is 53.5 Å². The molecule has 0 aliphatic carbocycles. The second kappa shape index (κ2) is 9.68. The molecule has 0 unspecified atom stereocenters. The third-order valence-electron chi connectivity index (χ3n) is 2.47. The van der Waals surface area contributed by atoms with E-state index in [-0.39, 0.29) is 5.91 Å². The van der Waals surface area contributed by atoms with Gasteiger partial charge in [-0.05, 0) is 17.6 Å². The van der Waals surface area contributed by atoms with Crippen LogP contribution >= 0.6 is 11.8 Å². The minimum atomic E-state index is 0.152. The Hall–Kier alpha value is -0.220. The molecule has 0 saturated heterocycles. The van der Waals surface area contributed by atoms with Crippen molar-refractivity contribution < 1.29 is 4.79 Å². The molecule has 0 aromatic carbocycles. The van der Waals surface area contributed by atoms with Crippen LogP contribution in [0, 0.1) is 5.41 Å². The summed E-state index contributed by atoms with van der Waals surface area (Å²) in [6.45, 7) is 12.5. The maximum Gasteiger partial charge on any atom is 0.221 e. The number of hydrogen-bond acceptors (Lipinski definition) is 3. The molecule has 0 saturated carbocycles. The Morgan fingerprint density at radius 1 is 1.17 bits per heavy atom. The van der Waals surface area contributed by atoms with Gasteiger partial charge in [0.05, 0.1) is 0 Å². The van der Waals surface area contributed by atoms with Crippen molar-refractivity contribution in [3.8, 4) is 0 Å². The Bertz CT molecular complexity index is 224. The molecule has 0 aliphatic heterocycles. The average molecular weight is 274 g/mol. The lowest BCUT2D eigenvalue weighted by Crippen LogP contribution is -2.31. The summed E-state index contributed by atoms with van der Waals surface area (Å²) < 4.78 is 0. The van der Waals surface area contributed by atoms with Crippen LogP contribution in [0.5, 0.6) is 0 Å². The standard InChI is InChI=1S/C14H30N2OS/c1-12(2)15-8-6-13(17)16-9-11-18-10-7-14(3,4)5/h12,15H,6-11H2,1-5H3,(H,16,17). The first kappa shape index (κ1) is 17.8. The summed E-state index contributed by atoms with van der Waals surface area (Å²) in [5, 5.41) is 6.19. The molecule has 0 rings (SSSR count). The van der Waals surface area contributed by atoms with Gasteiger partial charge < -0.3 is 10.6 Å². The molecule has 1 amide bonds. The smallest absolute Gasteiger partial charge is 0.221 e. The van der Waals surface area contributed by atoms with Gasteiger partial charge in [-0.3, -0.25) is 4.79 Å². The van der Waals surface area contributed by atoms with Crippen molar-refractivity contribution in [3.05, 3.63) is 0 Å². The Labute approximate surface area is 117 Å². The highest BCUT2D eigenvalue weighted by atomic mass is 32.2. The fourth-order valence-electron chi connectivity index (χ4n) is 1.31. The molecule has 108 valence electrons. The van der Waals surface area contributed by atoms with Crippen molar-refractivity contribution in [1.29, 1.82) is 0 Å². The van der Waals surface area contributed by atoms with Gasteiger partial charge in [0.2, 0.25) is 5.91 Å². The first-order chi connectivity index (χ1) is 8.31. The predicted octanol–water partition coefficient (Wildman–Crippen LogP) is 2.66. The summed E-state index contributed by atoms with van der Waals surface area (Å²) in [4.78, 5) is 11.5. The van der Waals surface area contributed by atoms with Crippen LogP contribution in [0.1, 0.15) is 47.5 Å². The van der Waals surface area contributed by atoms with E-state index in [4.69, 9.17) is 0 Å². The van der Waals surface area contributed by atoms with E-state index < -0.39 is 0 Å². The van der Waals surface area contributed by atoms with E-state index >= 15 is 0 Å². The van der Waals surface area contributed by atoms with Gasteiger partial charge in [0.15, 0.2) is 0 Å². The summed E-state index contributed by atoms with van der Waals surface area (Å²) in [7, 11) is 0. The molecule has 3 nitrogen and oxygen atoms in total. The topological polar surface area (TPSA) is 41.1 Å². The molecule has 2 N–H and O–H groups in total. The number of amides is 1. The van der Waals surface area contributed by atoms with E-state index in [9.17, 15) is 4.79 Å². The van der Waals surface area contributed by atoms with Crippen molar-refractivity contribution in [2.24, 2.45) is 5.41 Å². The Balaban J connectivity index is 3.30. The molecule has 0 fully saturated rings. The first-order valence-corrected chi connectivity index (χ1v) is 8.04. The maximum atomic E-state index is 11.5. The lowest BCUT2D eigenvalue weighted by Gasteiger charge is -2.17. The zero-order valence-corrected chi connectivity index (χ0v) is 13.5. The van der Waals surface area contributed by atoms with Crippen molar-refractivity contribution in [1.82, 2.24) is 10.6 Å². The number of nitrogens with one attached hydrogen (secondary N) is 2. The zero-order chi connectivity index (χ0) is 14.0. The van der Waals surface area contributed by atoms with E-state index in [0.29, 0.717) is 17.9 Å². The lowest BCUT2D eigenvalue weighted by atomic mass is 9.94. The molecule has 0 aliphatic rings. The highest BCUT2D eigenvalue weighted by Gasteiger charge is 2.09. The number of carbonyl (C=O) groups is 1. The highest BCUT2D eigenvalue weighted by molar-refractivity contribution is 7.99. The van der Waals surface area contributed by atoms with Gasteiger partial charge in [-0.2, -0.15) is 11.8 Å². The van der Waals surface area contributed by atoms with Gasteiger partial charge in [-0.25, -0.2) is 0 Å². The third-order valence-corrected chi connectivity index (χ3v) is 3.46. The molecule has 0 atom stereocenters.